The Labute approximate surface area is 321 Å². The van der Waals surface area contributed by atoms with Crippen molar-refractivity contribution in [2.75, 3.05) is 4.90 Å². The quantitative estimate of drug-likeness (QED) is 0.178. The number of anilines is 3. The molecule has 1 spiro atoms. The van der Waals surface area contributed by atoms with Gasteiger partial charge in [-0.15, -0.1) is 0 Å². The molecule has 14 rings (SSSR count). The largest absolute Gasteiger partial charge is 0.310 e. The Morgan fingerprint density at radius 2 is 0.818 bits per heavy atom. The van der Waals surface area contributed by atoms with E-state index in [4.69, 9.17) is 0 Å². The number of nitrogens with zero attached hydrogens (tertiary/aromatic N) is 3. The van der Waals surface area contributed by atoms with E-state index in [1.54, 1.807) is 11.1 Å². The number of hydrogen-bond acceptors (Lipinski definition) is 1. The first kappa shape index (κ1) is 30.3. The maximum Gasteiger partial charge on any atom is 0.0542 e. The molecule has 55 heavy (non-hydrogen) atoms. The summed E-state index contributed by atoms with van der Waals surface area (Å²) in [6.45, 7) is 0. The average Bonchev–Trinajstić information content (AvgIpc) is 3.74. The van der Waals surface area contributed by atoms with Gasteiger partial charge in [-0.3, -0.25) is 0 Å². The lowest BCUT2D eigenvalue weighted by atomic mass is 9.41. The van der Waals surface area contributed by atoms with Crippen LogP contribution in [-0.4, -0.2) is 9.13 Å². The van der Waals surface area contributed by atoms with E-state index in [1.165, 1.54) is 104 Å². The number of hydrogen-bond donors (Lipinski definition) is 0. The zero-order chi connectivity index (χ0) is 35.8. The van der Waals surface area contributed by atoms with Gasteiger partial charge in [-0.25, -0.2) is 0 Å². The molecule has 0 N–H and O–H groups in total. The van der Waals surface area contributed by atoms with Crippen molar-refractivity contribution in [3.05, 3.63) is 175 Å². The van der Waals surface area contributed by atoms with Crippen LogP contribution < -0.4 is 4.90 Å². The second kappa shape index (κ2) is 11.0. The molecule has 4 fully saturated rings. The summed E-state index contributed by atoms with van der Waals surface area (Å²) in [5.41, 5.74) is 14.5. The van der Waals surface area contributed by atoms with Crippen molar-refractivity contribution in [3.63, 3.8) is 0 Å². The topological polar surface area (TPSA) is 13.1 Å². The van der Waals surface area contributed by atoms with Crippen molar-refractivity contribution in [2.24, 2.45) is 23.7 Å². The van der Waals surface area contributed by atoms with Crippen LogP contribution in [-0.2, 0) is 5.41 Å². The highest BCUT2D eigenvalue weighted by molar-refractivity contribution is 6.13. The van der Waals surface area contributed by atoms with Crippen molar-refractivity contribution in [1.82, 2.24) is 9.13 Å². The van der Waals surface area contributed by atoms with E-state index in [-0.39, 0.29) is 5.41 Å². The van der Waals surface area contributed by atoms with Crippen molar-refractivity contribution in [2.45, 2.75) is 37.5 Å². The first-order valence-electron chi connectivity index (χ1n) is 20.4. The summed E-state index contributed by atoms with van der Waals surface area (Å²) in [6, 6.07) is 61.7. The van der Waals surface area contributed by atoms with E-state index in [0.717, 1.165) is 23.7 Å². The van der Waals surface area contributed by atoms with E-state index in [1.807, 2.05) is 0 Å². The molecule has 9 aromatic rings. The normalized spacial score (nSPS) is 21.9. The number of para-hydroxylation sites is 5. The number of aromatic nitrogens is 2. The lowest BCUT2D eigenvalue weighted by molar-refractivity contribution is -0.0419. The predicted molar refractivity (Wildman–Crippen MR) is 228 cm³/mol. The van der Waals surface area contributed by atoms with Crippen molar-refractivity contribution in [3.8, 4) is 11.4 Å². The first-order chi connectivity index (χ1) is 27.3. The summed E-state index contributed by atoms with van der Waals surface area (Å²) in [6.07, 6.45) is 7.02. The predicted octanol–water partition coefficient (Wildman–Crippen LogP) is 13.4. The van der Waals surface area contributed by atoms with Gasteiger partial charge in [0.15, 0.2) is 0 Å². The lowest BCUT2D eigenvalue weighted by Gasteiger charge is -2.64. The van der Waals surface area contributed by atoms with Gasteiger partial charge in [0.25, 0.3) is 0 Å². The Kier molecular flexibility index (Phi) is 6.06. The van der Waals surface area contributed by atoms with Gasteiger partial charge in [0.05, 0.1) is 33.4 Å². The molecule has 3 heteroatoms. The van der Waals surface area contributed by atoms with E-state index in [2.05, 4.69) is 178 Å². The lowest BCUT2D eigenvalue weighted by Crippen LogP contribution is -2.57. The molecule has 4 bridgehead atoms. The molecule has 0 radical (unpaired) electrons. The van der Waals surface area contributed by atoms with Crippen LogP contribution in [0.15, 0.2) is 164 Å². The van der Waals surface area contributed by atoms with Gasteiger partial charge in [-0.05, 0) is 140 Å². The Morgan fingerprint density at radius 3 is 1.42 bits per heavy atom. The fraction of sp³-hybridized carbons (Fsp3) is 0.192. The minimum absolute atomic E-state index is 0.111. The summed E-state index contributed by atoms with van der Waals surface area (Å²) in [5.74, 6) is 3.31. The highest BCUT2D eigenvalue weighted by Gasteiger charge is 2.61. The fourth-order valence-corrected chi connectivity index (χ4v) is 12.7. The summed E-state index contributed by atoms with van der Waals surface area (Å²) < 4.78 is 4.87. The molecule has 3 heterocycles. The van der Waals surface area contributed by atoms with Gasteiger partial charge >= 0.3 is 0 Å². The third-order valence-electron chi connectivity index (χ3n) is 14.5. The minimum Gasteiger partial charge on any atom is -0.310 e. The third kappa shape index (κ3) is 3.96. The van der Waals surface area contributed by atoms with E-state index in [0.29, 0.717) is 0 Å². The summed E-state index contributed by atoms with van der Waals surface area (Å²) in [4.78, 5) is 2.59. The summed E-state index contributed by atoms with van der Waals surface area (Å²) >= 11 is 0. The third-order valence-corrected chi connectivity index (χ3v) is 14.5. The summed E-state index contributed by atoms with van der Waals surface area (Å²) in [5, 5.41) is 5.09. The van der Waals surface area contributed by atoms with Gasteiger partial charge in [-0.2, -0.15) is 0 Å². The molecular formula is C52H41N3. The van der Waals surface area contributed by atoms with Crippen molar-refractivity contribution < 1.29 is 0 Å². The molecule has 0 amide bonds. The van der Waals surface area contributed by atoms with Crippen LogP contribution in [0.2, 0.25) is 0 Å². The number of rotatable bonds is 3. The first-order valence-corrected chi connectivity index (χ1v) is 20.4. The maximum atomic E-state index is 2.59. The monoisotopic (exact) mass is 707 g/mol. The molecule has 0 unspecified atom stereocenters. The Balaban J connectivity index is 1.01. The van der Waals surface area contributed by atoms with Crippen molar-refractivity contribution >= 4 is 60.7 Å². The molecule has 7 aromatic carbocycles. The van der Waals surface area contributed by atoms with Crippen LogP contribution in [0.25, 0.3) is 55.0 Å². The highest BCUT2D eigenvalue weighted by Crippen LogP contribution is 2.69. The van der Waals surface area contributed by atoms with Crippen LogP contribution in [0.5, 0.6) is 0 Å². The van der Waals surface area contributed by atoms with Gasteiger partial charge in [0.2, 0.25) is 0 Å². The van der Waals surface area contributed by atoms with E-state index < -0.39 is 0 Å². The maximum absolute atomic E-state index is 2.59. The van der Waals surface area contributed by atoms with Gasteiger partial charge in [-0.1, -0.05) is 91.0 Å². The van der Waals surface area contributed by atoms with Crippen LogP contribution in [0.1, 0.15) is 43.2 Å². The molecule has 5 aliphatic rings. The van der Waals surface area contributed by atoms with Crippen LogP contribution in [0.3, 0.4) is 0 Å². The van der Waals surface area contributed by atoms with Crippen LogP contribution >= 0.6 is 0 Å². The molecule has 4 aliphatic carbocycles. The van der Waals surface area contributed by atoms with Crippen LogP contribution in [0, 0.1) is 23.7 Å². The molecule has 1 aliphatic heterocycles. The summed E-state index contributed by atoms with van der Waals surface area (Å²) in [7, 11) is 0. The highest BCUT2D eigenvalue weighted by atomic mass is 15.2. The molecule has 3 nitrogen and oxygen atoms in total. The van der Waals surface area contributed by atoms with Gasteiger partial charge in [0, 0.05) is 44.0 Å². The number of fused-ring (bicyclic) bond motifs is 8. The van der Waals surface area contributed by atoms with Gasteiger partial charge < -0.3 is 14.0 Å². The second-order valence-corrected chi connectivity index (χ2v) is 17.0. The molecule has 2 aromatic heterocycles. The smallest absolute Gasteiger partial charge is 0.0542 e. The zero-order valence-corrected chi connectivity index (χ0v) is 30.8. The minimum atomic E-state index is 0.111. The van der Waals surface area contributed by atoms with Crippen LogP contribution in [0.4, 0.5) is 17.1 Å². The molecule has 4 saturated carbocycles. The fourth-order valence-electron chi connectivity index (χ4n) is 12.7. The van der Waals surface area contributed by atoms with Gasteiger partial charge in [0.1, 0.15) is 0 Å². The Morgan fingerprint density at radius 1 is 0.364 bits per heavy atom. The molecule has 264 valence electrons. The second-order valence-electron chi connectivity index (χ2n) is 17.0. The Bertz CT molecular complexity index is 2940. The number of benzene rings is 7. The Hall–Kier alpha value is -6.06. The molecular weight excluding hydrogens is 667 g/mol. The molecule has 0 atom stereocenters. The average molecular weight is 708 g/mol. The van der Waals surface area contributed by atoms with E-state index in [9.17, 15) is 0 Å². The standard InChI is InChI=1S/C52H41N3/c1-2-12-37(13-3-1)53-46-18-8-4-14-40(46)42-31-38(22-24-48(42)53)54-47-19-9-5-15-41(47)43-32-39(23-25-49(43)54)55-50-20-10-6-16-44(50)52(45-17-7-11-21-51(45)55)35-27-33-26-34(29-35)30-36(52)28-33/h1-25,31-36H,26-30H2. The van der Waals surface area contributed by atoms with E-state index >= 15 is 0 Å². The SMILES string of the molecule is c1ccc(-n2c3ccccc3c3cc(-n4c5ccccc5c5cc(N6c7ccccc7C7(c8ccccc86)C6CC8CC(C6)CC7C8)ccc54)ccc32)cc1. The molecule has 0 saturated heterocycles. The zero-order valence-electron chi connectivity index (χ0n) is 30.8. The van der Waals surface area contributed by atoms with Crippen molar-refractivity contribution in [1.29, 1.82) is 0 Å².